The van der Waals surface area contributed by atoms with Gasteiger partial charge in [0, 0.05) is 50.2 Å². The second-order valence-electron chi connectivity index (χ2n) is 4.02. The van der Waals surface area contributed by atoms with E-state index in [0.29, 0.717) is 6.54 Å². The number of nitrogens with one attached hydrogen (secondary N) is 1. The van der Waals surface area contributed by atoms with Gasteiger partial charge in [0.05, 0.1) is 12.4 Å². The van der Waals surface area contributed by atoms with E-state index in [1.165, 1.54) is 6.08 Å². The third-order valence-electron chi connectivity index (χ3n) is 2.38. The minimum absolute atomic E-state index is 0.136. The summed E-state index contributed by atoms with van der Waals surface area (Å²) in [4.78, 5) is 11.6. The summed E-state index contributed by atoms with van der Waals surface area (Å²) >= 11 is 0. The molecule has 1 N–H and O–H groups in total. The van der Waals surface area contributed by atoms with Crippen LogP contribution in [0.5, 0.6) is 0 Å². The van der Waals surface area contributed by atoms with Gasteiger partial charge in [-0.2, -0.15) is 10.2 Å². The van der Waals surface area contributed by atoms with Crippen molar-refractivity contribution in [3.05, 3.63) is 42.0 Å². The predicted octanol–water partition coefficient (Wildman–Crippen LogP) is 0.483. The van der Waals surface area contributed by atoms with Gasteiger partial charge in [0.25, 0.3) is 0 Å². The zero-order valence-corrected chi connectivity index (χ0v) is 10.4. The van der Waals surface area contributed by atoms with E-state index in [0.717, 1.165) is 11.1 Å². The van der Waals surface area contributed by atoms with Crippen LogP contribution in [0.4, 0.5) is 0 Å². The Hall–Kier alpha value is -2.37. The van der Waals surface area contributed by atoms with Crippen LogP contribution in [0.3, 0.4) is 0 Å². The van der Waals surface area contributed by atoms with Gasteiger partial charge in [0.2, 0.25) is 5.91 Å². The fraction of sp³-hybridized carbons (Fsp3) is 0.250. The van der Waals surface area contributed by atoms with Crippen LogP contribution in [0, 0.1) is 0 Å². The summed E-state index contributed by atoms with van der Waals surface area (Å²) in [5.41, 5.74) is 1.87. The molecule has 0 atom stereocenters. The molecule has 2 aromatic rings. The van der Waals surface area contributed by atoms with E-state index >= 15 is 0 Å². The minimum atomic E-state index is -0.136. The molecule has 0 saturated heterocycles. The van der Waals surface area contributed by atoms with Gasteiger partial charge in [-0.3, -0.25) is 14.2 Å². The van der Waals surface area contributed by atoms with Crippen molar-refractivity contribution >= 4 is 12.0 Å². The average molecular weight is 245 g/mol. The lowest BCUT2D eigenvalue weighted by Gasteiger charge is -1.98. The van der Waals surface area contributed by atoms with E-state index in [1.807, 2.05) is 26.5 Å². The standard InChI is InChI=1S/C12H15N5O/c1-16-8-10(6-14-16)3-4-12(18)13-5-11-7-15-17(2)9-11/h3-4,6-9H,5H2,1-2H3,(H,13,18). The van der Waals surface area contributed by atoms with Crippen LogP contribution in [0.2, 0.25) is 0 Å². The van der Waals surface area contributed by atoms with Crippen molar-refractivity contribution in [3.63, 3.8) is 0 Å². The second-order valence-corrected chi connectivity index (χ2v) is 4.02. The molecule has 0 unspecified atom stereocenters. The number of carbonyl (C=O) groups is 1. The van der Waals surface area contributed by atoms with Gasteiger partial charge < -0.3 is 5.32 Å². The lowest BCUT2D eigenvalue weighted by Crippen LogP contribution is -2.19. The number of carbonyl (C=O) groups excluding carboxylic acids is 1. The van der Waals surface area contributed by atoms with Crippen LogP contribution < -0.4 is 5.32 Å². The fourth-order valence-electron chi connectivity index (χ4n) is 1.51. The normalized spacial score (nSPS) is 11.0. The maximum absolute atomic E-state index is 11.6. The van der Waals surface area contributed by atoms with Crippen LogP contribution in [-0.2, 0) is 25.4 Å². The zero-order valence-electron chi connectivity index (χ0n) is 10.4. The van der Waals surface area contributed by atoms with Gasteiger partial charge in [-0.05, 0) is 6.08 Å². The molecule has 0 radical (unpaired) electrons. The van der Waals surface area contributed by atoms with Crippen molar-refractivity contribution in [3.8, 4) is 0 Å². The van der Waals surface area contributed by atoms with Gasteiger partial charge in [0.1, 0.15) is 0 Å². The van der Waals surface area contributed by atoms with Crippen molar-refractivity contribution in [1.29, 1.82) is 0 Å². The largest absolute Gasteiger partial charge is 0.348 e. The van der Waals surface area contributed by atoms with E-state index in [-0.39, 0.29) is 5.91 Å². The molecule has 18 heavy (non-hydrogen) atoms. The van der Waals surface area contributed by atoms with Gasteiger partial charge in [0.15, 0.2) is 0 Å². The van der Waals surface area contributed by atoms with Gasteiger partial charge in [-0.1, -0.05) is 0 Å². The monoisotopic (exact) mass is 245 g/mol. The minimum Gasteiger partial charge on any atom is -0.348 e. The zero-order chi connectivity index (χ0) is 13.0. The van der Waals surface area contributed by atoms with Crippen molar-refractivity contribution in [1.82, 2.24) is 24.9 Å². The topological polar surface area (TPSA) is 64.7 Å². The van der Waals surface area contributed by atoms with Crippen LogP contribution >= 0.6 is 0 Å². The summed E-state index contributed by atoms with van der Waals surface area (Å²) in [6, 6.07) is 0. The average Bonchev–Trinajstić information content (AvgIpc) is 2.93. The molecule has 0 aromatic carbocycles. The summed E-state index contributed by atoms with van der Waals surface area (Å²) < 4.78 is 3.39. The number of rotatable bonds is 4. The molecule has 6 heteroatoms. The van der Waals surface area contributed by atoms with E-state index in [4.69, 9.17) is 0 Å². The molecule has 0 aliphatic rings. The summed E-state index contributed by atoms with van der Waals surface area (Å²) in [7, 11) is 3.67. The Morgan fingerprint density at radius 3 is 2.61 bits per heavy atom. The molecule has 0 bridgehead atoms. The first kappa shape index (κ1) is 12.1. The summed E-state index contributed by atoms with van der Waals surface area (Å²) in [5.74, 6) is -0.136. The van der Waals surface area contributed by atoms with Gasteiger partial charge in [-0.15, -0.1) is 0 Å². The summed E-state index contributed by atoms with van der Waals surface area (Å²) in [6.45, 7) is 0.476. The van der Waals surface area contributed by atoms with E-state index in [9.17, 15) is 4.79 Å². The van der Waals surface area contributed by atoms with Crippen molar-refractivity contribution in [2.24, 2.45) is 14.1 Å². The van der Waals surface area contributed by atoms with Crippen LogP contribution in [0.1, 0.15) is 11.1 Å². The molecule has 6 nitrogen and oxygen atoms in total. The van der Waals surface area contributed by atoms with Crippen molar-refractivity contribution in [2.75, 3.05) is 0 Å². The van der Waals surface area contributed by atoms with E-state index in [1.54, 1.807) is 27.8 Å². The number of aromatic nitrogens is 4. The van der Waals surface area contributed by atoms with Crippen LogP contribution in [0.15, 0.2) is 30.9 Å². The highest BCUT2D eigenvalue weighted by Gasteiger charge is 1.99. The molecule has 2 heterocycles. The highest BCUT2D eigenvalue weighted by Crippen LogP contribution is 1.99. The summed E-state index contributed by atoms with van der Waals surface area (Å²) in [6.07, 6.45) is 10.4. The molecule has 0 saturated carbocycles. The molecule has 1 amide bonds. The van der Waals surface area contributed by atoms with Gasteiger partial charge in [-0.25, -0.2) is 0 Å². The number of aryl methyl sites for hydroxylation is 2. The molecule has 94 valence electrons. The third-order valence-corrected chi connectivity index (χ3v) is 2.38. The van der Waals surface area contributed by atoms with Crippen LogP contribution in [0.25, 0.3) is 6.08 Å². The quantitative estimate of drug-likeness (QED) is 0.797. The van der Waals surface area contributed by atoms with Crippen molar-refractivity contribution in [2.45, 2.75) is 6.54 Å². The number of hydrogen-bond donors (Lipinski definition) is 1. The SMILES string of the molecule is Cn1cc(C=CC(=O)NCc2cnn(C)c2)cn1. The Balaban J connectivity index is 1.83. The number of nitrogens with zero attached hydrogens (tertiary/aromatic N) is 4. The first-order chi connectivity index (χ1) is 8.63. The molecular formula is C12H15N5O. The lowest BCUT2D eigenvalue weighted by molar-refractivity contribution is -0.116. The molecule has 0 aliphatic heterocycles. The number of hydrogen-bond acceptors (Lipinski definition) is 3. The Morgan fingerprint density at radius 2 is 2.00 bits per heavy atom. The highest BCUT2D eigenvalue weighted by molar-refractivity contribution is 5.91. The molecule has 0 aliphatic carbocycles. The molecular weight excluding hydrogens is 230 g/mol. The van der Waals surface area contributed by atoms with Crippen LogP contribution in [-0.4, -0.2) is 25.5 Å². The molecule has 2 aromatic heterocycles. The maximum Gasteiger partial charge on any atom is 0.244 e. The second kappa shape index (κ2) is 5.31. The van der Waals surface area contributed by atoms with Crippen molar-refractivity contribution < 1.29 is 4.79 Å². The molecule has 2 rings (SSSR count). The maximum atomic E-state index is 11.6. The first-order valence-electron chi connectivity index (χ1n) is 5.55. The lowest BCUT2D eigenvalue weighted by atomic mass is 10.3. The fourth-order valence-corrected chi connectivity index (χ4v) is 1.51. The predicted molar refractivity (Wildman–Crippen MR) is 67.3 cm³/mol. The molecule has 0 fully saturated rings. The Morgan fingerprint density at radius 1 is 1.28 bits per heavy atom. The first-order valence-corrected chi connectivity index (χ1v) is 5.55. The smallest absolute Gasteiger partial charge is 0.244 e. The molecule has 0 spiro atoms. The summed E-state index contributed by atoms with van der Waals surface area (Å²) in [5, 5.41) is 10.8. The Labute approximate surface area is 105 Å². The third kappa shape index (κ3) is 3.31. The number of amides is 1. The Kier molecular flexibility index (Phi) is 3.57. The Bertz CT molecular complexity index is 567. The van der Waals surface area contributed by atoms with Gasteiger partial charge >= 0.3 is 0 Å². The highest BCUT2D eigenvalue weighted by atomic mass is 16.1. The van der Waals surface area contributed by atoms with E-state index < -0.39 is 0 Å². The van der Waals surface area contributed by atoms with E-state index in [2.05, 4.69) is 15.5 Å².